The van der Waals surface area contributed by atoms with Gasteiger partial charge in [-0.25, -0.2) is 0 Å². The molecule has 0 aliphatic rings. The van der Waals surface area contributed by atoms with Crippen molar-refractivity contribution in [2.45, 2.75) is 6.92 Å². The van der Waals surface area contributed by atoms with Gasteiger partial charge in [0.05, 0.1) is 10.6 Å². The number of carbonyl (C=O) groups is 1. The SMILES string of the molecule is Cc1cccc(NC(=O)c2cc(N)ccc2[N+](=O)[O-])c1Br. The molecule has 2 aromatic carbocycles. The third-order valence-electron chi connectivity index (χ3n) is 2.90. The first-order valence-electron chi connectivity index (χ1n) is 6.00. The molecule has 7 heteroatoms. The van der Waals surface area contributed by atoms with E-state index in [0.29, 0.717) is 5.69 Å². The molecule has 1 amide bonds. The van der Waals surface area contributed by atoms with Crippen molar-refractivity contribution in [1.29, 1.82) is 0 Å². The molecule has 0 spiro atoms. The van der Waals surface area contributed by atoms with Crippen LogP contribution >= 0.6 is 15.9 Å². The molecule has 0 heterocycles. The highest BCUT2D eigenvalue weighted by molar-refractivity contribution is 9.10. The van der Waals surface area contributed by atoms with Crippen molar-refractivity contribution in [3.05, 3.63) is 62.1 Å². The number of aryl methyl sites for hydroxylation is 1. The van der Waals surface area contributed by atoms with Crippen LogP contribution in [0.5, 0.6) is 0 Å². The van der Waals surface area contributed by atoms with Gasteiger partial charge in [-0.05, 0) is 46.6 Å². The number of nitro groups is 1. The van der Waals surface area contributed by atoms with E-state index in [1.165, 1.54) is 18.2 Å². The Bertz CT molecular complexity index is 731. The number of hydrogen-bond donors (Lipinski definition) is 2. The molecule has 21 heavy (non-hydrogen) atoms. The van der Waals surface area contributed by atoms with E-state index in [0.717, 1.165) is 10.0 Å². The highest BCUT2D eigenvalue weighted by atomic mass is 79.9. The first-order valence-corrected chi connectivity index (χ1v) is 6.80. The fraction of sp³-hybridized carbons (Fsp3) is 0.0714. The van der Waals surface area contributed by atoms with Crippen LogP contribution in [0.2, 0.25) is 0 Å². The molecular weight excluding hydrogens is 338 g/mol. The molecule has 0 saturated carbocycles. The summed E-state index contributed by atoms with van der Waals surface area (Å²) in [5.74, 6) is -0.583. The topological polar surface area (TPSA) is 98.3 Å². The van der Waals surface area contributed by atoms with Gasteiger partial charge in [0.1, 0.15) is 5.56 Å². The Morgan fingerprint density at radius 1 is 1.33 bits per heavy atom. The number of hydrogen-bond acceptors (Lipinski definition) is 4. The summed E-state index contributed by atoms with van der Waals surface area (Å²) in [6.07, 6.45) is 0. The van der Waals surface area contributed by atoms with Crippen molar-refractivity contribution in [2.75, 3.05) is 11.1 Å². The molecule has 0 fully saturated rings. The molecule has 0 aromatic heterocycles. The number of nitrogens with two attached hydrogens (primary N) is 1. The number of amides is 1. The quantitative estimate of drug-likeness (QED) is 0.503. The molecule has 0 saturated heterocycles. The van der Waals surface area contributed by atoms with E-state index >= 15 is 0 Å². The van der Waals surface area contributed by atoms with Gasteiger partial charge in [0.15, 0.2) is 0 Å². The lowest BCUT2D eigenvalue weighted by atomic mass is 10.1. The van der Waals surface area contributed by atoms with E-state index in [1.807, 2.05) is 13.0 Å². The van der Waals surface area contributed by atoms with Crippen molar-refractivity contribution < 1.29 is 9.72 Å². The Balaban J connectivity index is 2.39. The van der Waals surface area contributed by atoms with Gasteiger partial charge in [0.2, 0.25) is 0 Å². The number of benzene rings is 2. The molecule has 0 atom stereocenters. The summed E-state index contributed by atoms with van der Waals surface area (Å²) in [6.45, 7) is 1.88. The fourth-order valence-electron chi connectivity index (χ4n) is 1.83. The lowest BCUT2D eigenvalue weighted by Crippen LogP contribution is -2.15. The maximum atomic E-state index is 12.3. The third-order valence-corrected chi connectivity index (χ3v) is 3.95. The van der Waals surface area contributed by atoms with Crippen LogP contribution in [0.25, 0.3) is 0 Å². The van der Waals surface area contributed by atoms with Crippen molar-refractivity contribution in [1.82, 2.24) is 0 Å². The van der Waals surface area contributed by atoms with Crippen molar-refractivity contribution in [3.63, 3.8) is 0 Å². The van der Waals surface area contributed by atoms with Crippen LogP contribution in [0.1, 0.15) is 15.9 Å². The summed E-state index contributed by atoms with van der Waals surface area (Å²) in [4.78, 5) is 22.6. The lowest BCUT2D eigenvalue weighted by Gasteiger charge is -2.09. The Morgan fingerprint density at radius 3 is 2.71 bits per heavy atom. The minimum atomic E-state index is -0.611. The van der Waals surface area contributed by atoms with Crippen LogP contribution in [0, 0.1) is 17.0 Å². The second-order valence-corrected chi connectivity index (χ2v) is 5.22. The Morgan fingerprint density at radius 2 is 2.05 bits per heavy atom. The van der Waals surface area contributed by atoms with Gasteiger partial charge >= 0.3 is 0 Å². The molecule has 2 aromatic rings. The summed E-state index contributed by atoms with van der Waals surface area (Å²) < 4.78 is 0.727. The van der Waals surface area contributed by atoms with Gasteiger partial charge in [-0.15, -0.1) is 0 Å². The maximum absolute atomic E-state index is 12.3. The van der Waals surface area contributed by atoms with Crippen molar-refractivity contribution in [3.8, 4) is 0 Å². The van der Waals surface area contributed by atoms with E-state index in [-0.39, 0.29) is 16.9 Å². The number of rotatable bonds is 3. The molecule has 6 nitrogen and oxygen atoms in total. The van der Waals surface area contributed by atoms with Crippen LogP contribution in [-0.4, -0.2) is 10.8 Å². The number of nitrogens with zero attached hydrogens (tertiary/aromatic N) is 1. The average Bonchev–Trinajstić information content (AvgIpc) is 2.43. The zero-order valence-electron chi connectivity index (χ0n) is 11.1. The van der Waals surface area contributed by atoms with Gasteiger partial charge in [0, 0.05) is 16.2 Å². The van der Waals surface area contributed by atoms with Gasteiger partial charge < -0.3 is 11.1 Å². The monoisotopic (exact) mass is 349 g/mol. The molecule has 0 aliphatic carbocycles. The predicted molar refractivity (Wildman–Crippen MR) is 84.3 cm³/mol. The number of nitro benzene ring substituents is 1. The molecule has 0 radical (unpaired) electrons. The van der Waals surface area contributed by atoms with E-state index in [4.69, 9.17) is 5.73 Å². The summed E-state index contributed by atoms with van der Waals surface area (Å²) in [5, 5.41) is 13.6. The van der Waals surface area contributed by atoms with Crippen molar-refractivity contribution >= 4 is 38.9 Å². The smallest absolute Gasteiger partial charge is 0.282 e. The Hall–Kier alpha value is -2.41. The summed E-state index contributed by atoms with van der Waals surface area (Å²) in [6, 6.07) is 9.25. The van der Waals surface area contributed by atoms with Gasteiger partial charge in [-0.2, -0.15) is 0 Å². The molecule has 0 aliphatic heterocycles. The molecule has 108 valence electrons. The zero-order chi connectivity index (χ0) is 15.6. The van der Waals surface area contributed by atoms with Crippen LogP contribution in [0.3, 0.4) is 0 Å². The first-order chi connectivity index (χ1) is 9.90. The molecule has 0 bridgehead atoms. The second kappa shape index (κ2) is 5.92. The highest BCUT2D eigenvalue weighted by Crippen LogP contribution is 2.28. The Labute approximate surface area is 129 Å². The van der Waals surface area contributed by atoms with Crippen LogP contribution in [-0.2, 0) is 0 Å². The first kappa shape index (κ1) is 15.0. The number of nitrogen functional groups attached to an aromatic ring is 1. The summed E-state index contributed by atoms with van der Waals surface area (Å²) in [5.41, 5.74) is 7.00. The minimum Gasteiger partial charge on any atom is -0.399 e. The molecule has 0 unspecified atom stereocenters. The average molecular weight is 350 g/mol. The van der Waals surface area contributed by atoms with E-state index in [2.05, 4.69) is 21.2 Å². The van der Waals surface area contributed by atoms with E-state index < -0.39 is 10.8 Å². The normalized spacial score (nSPS) is 10.2. The van der Waals surface area contributed by atoms with Crippen molar-refractivity contribution in [2.24, 2.45) is 0 Å². The largest absolute Gasteiger partial charge is 0.399 e. The maximum Gasteiger partial charge on any atom is 0.282 e. The number of halogens is 1. The van der Waals surface area contributed by atoms with Gasteiger partial charge in [0.25, 0.3) is 11.6 Å². The number of anilines is 2. The molecule has 2 rings (SSSR count). The van der Waals surface area contributed by atoms with E-state index in [1.54, 1.807) is 12.1 Å². The standard InChI is InChI=1S/C14H12BrN3O3/c1-8-3-2-4-11(13(8)15)17-14(19)10-7-9(16)5-6-12(10)18(20)21/h2-7H,16H2,1H3,(H,17,19). The third kappa shape index (κ3) is 3.19. The summed E-state index contributed by atoms with van der Waals surface area (Å²) >= 11 is 3.37. The summed E-state index contributed by atoms with van der Waals surface area (Å²) in [7, 11) is 0. The Kier molecular flexibility index (Phi) is 4.23. The lowest BCUT2D eigenvalue weighted by molar-refractivity contribution is -0.385. The number of carbonyl (C=O) groups excluding carboxylic acids is 1. The minimum absolute atomic E-state index is 0.0755. The fourth-order valence-corrected chi connectivity index (χ4v) is 2.19. The van der Waals surface area contributed by atoms with Gasteiger partial charge in [-0.1, -0.05) is 12.1 Å². The second-order valence-electron chi connectivity index (χ2n) is 4.42. The van der Waals surface area contributed by atoms with Crippen LogP contribution < -0.4 is 11.1 Å². The van der Waals surface area contributed by atoms with Gasteiger partial charge in [-0.3, -0.25) is 14.9 Å². The van der Waals surface area contributed by atoms with Crippen LogP contribution in [0.4, 0.5) is 17.1 Å². The molecular formula is C14H12BrN3O3. The zero-order valence-corrected chi connectivity index (χ0v) is 12.7. The van der Waals surface area contributed by atoms with E-state index in [9.17, 15) is 14.9 Å². The highest BCUT2D eigenvalue weighted by Gasteiger charge is 2.21. The molecule has 3 N–H and O–H groups in total. The predicted octanol–water partition coefficient (Wildman–Crippen LogP) is 3.50. The number of nitrogens with one attached hydrogen (secondary N) is 1. The van der Waals surface area contributed by atoms with Crippen LogP contribution in [0.15, 0.2) is 40.9 Å².